The van der Waals surface area contributed by atoms with E-state index in [-0.39, 0.29) is 23.9 Å². The van der Waals surface area contributed by atoms with Crippen molar-refractivity contribution in [1.82, 2.24) is 10.2 Å². The molecule has 0 spiro atoms. The average Bonchev–Trinajstić information content (AvgIpc) is 2.47. The smallest absolute Gasteiger partial charge is 0.224 e. The highest BCUT2D eigenvalue weighted by Gasteiger charge is 2.31. The van der Waals surface area contributed by atoms with Crippen LogP contribution in [0.1, 0.15) is 31.4 Å². The van der Waals surface area contributed by atoms with Gasteiger partial charge >= 0.3 is 0 Å². The lowest BCUT2D eigenvalue weighted by Gasteiger charge is -2.39. The second-order valence-corrected chi connectivity index (χ2v) is 5.66. The average molecular weight is 275 g/mol. The Morgan fingerprint density at radius 3 is 2.70 bits per heavy atom. The molecule has 1 fully saturated rings. The van der Waals surface area contributed by atoms with Gasteiger partial charge in [-0.1, -0.05) is 30.3 Å². The number of piperidine rings is 1. The van der Waals surface area contributed by atoms with Gasteiger partial charge in [-0.15, -0.1) is 0 Å². The number of rotatable bonds is 4. The van der Waals surface area contributed by atoms with Crippen LogP contribution in [0.15, 0.2) is 30.3 Å². The van der Waals surface area contributed by atoms with Crippen LogP contribution in [0.3, 0.4) is 0 Å². The highest BCUT2D eigenvalue weighted by Crippen LogP contribution is 2.28. The molecule has 3 unspecified atom stereocenters. The number of nitrogens with one attached hydrogen (secondary N) is 1. The molecule has 1 aliphatic heterocycles. The Labute approximate surface area is 121 Å². The number of likely N-dealkylation sites (tertiary alicyclic amines) is 1. The Morgan fingerprint density at radius 2 is 2.10 bits per heavy atom. The third-order valence-electron chi connectivity index (χ3n) is 4.10. The predicted molar refractivity (Wildman–Crippen MR) is 81.2 cm³/mol. The summed E-state index contributed by atoms with van der Waals surface area (Å²) < 4.78 is 0. The molecule has 0 aromatic heterocycles. The molecule has 4 nitrogen and oxygen atoms in total. The van der Waals surface area contributed by atoms with Gasteiger partial charge in [0.25, 0.3) is 0 Å². The molecule has 1 aromatic carbocycles. The van der Waals surface area contributed by atoms with E-state index in [0.717, 1.165) is 25.9 Å². The molecule has 1 heterocycles. The van der Waals surface area contributed by atoms with Crippen LogP contribution in [0, 0.1) is 5.92 Å². The van der Waals surface area contributed by atoms with Gasteiger partial charge in [0.05, 0.1) is 5.92 Å². The van der Waals surface area contributed by atoms with Crippen molar-refractivity contribution in [2.75, 3.05) is 20.1 Å². The number of nitrogens with zero attached hydrogens (tertiary/aromatic N) is 1. The van der Waals surface area contributed by atoms with Gasteiger partial charge in [0, 0.05) is 25.7 Å². The van der Waals surface area contributed by atoms with E-state index in [9.17, 15) is 4.79 Å². The van der Waals surface area contributed by atoms with E-state index in [2.05, 4.69) is 22.3 Å². The lowest BCUT2D eigenvalue weighted by molar-refractivity contribution is -0.126. The minimum atomic E-state index is 0.0424. The number of carbonyl (C=O) groups is 1. The maximum atomic E-state index is 11.9. The molecule has 3 atom stereocenters. The standard InChI is InChI=1S/C16H25N3O/c1-12(17)15(13-7-4-3-5-8-13)19-10-6-9-14(11-19)16(20)18-2/h3-5,7-8,12,14-15H,6,9-11,17H2,1-2H3,(H,18,20). The van der Waals surface area contributed by atoms with E-state index in [1.165, 1.54) is 5.56 Å². The summed E-state index contributed by atoms with van der Waals surface area (Å²) in [5.41, 5.74) is 7.45. The Bertz CT molecular complexity index is 433. The number of nitrogens with two attached hydrogens (primary N) is 1. The summed E-state index contributed by atoms with van der Waals surface area (Å²) in [7, 11) is 1.71. The second kappa shape index (κ2) is 6.86. The van der Waals surface area contributed by atoms with Crippen LogP contribution in [0.4, 0.5) is 0 Å². The van der Waals surface area contributed by atoms with Crippen molar-refractivity contribution < 1.29 is 4.79 Å². The van der Waals surface area contributed by atoms with Crippen LogP contribution in [0.2, 0.25) is 0 Å². The summed E-state index contributed by atoms with van der Waals surface area (Å²) in [6.07, 6.45) is 2.02. The molecule has 1 aromatic rings. The second-order valence-electron chi connectivity index (χ2n) is 5.66. The molecular weight excluding hydrogens is 250 g/mol. The number of carbonyl (C=O) groups excluding carboxylic acids is 1. The lowest BCUT2D eigenvalue weighted by Crippen LogP contribution is -2.47. The molecule has 3 N–H and O–H groups in total. The van der Waals surface area contributed by atoms with Crippen LogP contribution < -0.4 is 11.1 Å². The molecule has 1 aliphatic rings. The van der Waals surface area contributed by atoms with Crippen LogP contribution in [0.5, 0.6) is 0 Å². The van der Waals surface area contributed by atoms with E-state index in [0.29, 0.717) is 0 Å². The molecule has 4 heteroatoms. The summed E-state index contributed by atoms with van der Waals surface area (Å²) in [5, 5.41) is 2.77. The zero-order valence-corrected chi connectivity index (χ0v) is 12.4. The van der Waals surface area contributed by atoms with Crippen LogP contribution >= 0.6 is 0 Å². The topological polar surface area (TPSA) is 58.4 Å². The normalized spacial score (nSPS) is 23.1. The van der Waals surface area contributed by atoms with Gasteiger partial charge in [0.15, 0.2) is 0 Å². The molecule has 1 saturated heterocycles. The van der Waals surface area contributed by atoms with Gasteiger partial charge < -0.3 is 11.1 Å². The molecule has 20 heavy (non-hydrogen) atoms. The first-order chi connectivity index (χ1) is 9.63. The van der Waals surface area contributed by atoms with Crippen LogP contribution in [-0.4, -0.2) is 37.0 Å². The number of hydrogen-bond donors (Lipinski definition) is 2. The van der Waals surface area contributed by atoms with E-state index >= 15 is 0 Å². The van der Waals surface area contributed by atoms with Gasteiger partial charge in [-0.2, -0.15) is 0 Å². The molecule has 0 radical (unpaired) electrons. The fourth-order valence-electron chi connectivity index (χ4n) is 3.17. The van der Waals surface area contributed by atoms with Gasteiger partial charge in [0.2, 0.25) is 5.91 Å². The number of amides is 1. The van der Waals surface area contributed by atoms with Crippen molar-refractivity contribution in [2.24, 2.45) is 11.7 Å². The highest BCUT2D eigenvalue weighted by atomic mass is 16.1. The summed E-state index contributed by atoms with van der Waals surface area (Å²) in [4.78, 5) is 14.2. The Hall–Kier alpha value is -1.39. The molecule has 1 amide bonds. The maximum Gasteiger partial charge on any atom is 0.224 e. The minimum absolute atomic E-state index is 0.0424. The summed E-state index contributed by atoms with van der Waals surface area (Å²) in [5.74, 6) is 0.227. The maximum absolute atomic E-state index is 11.9. The largest absolute Gasteiger partial charge is 0.359 e. The minimum Gasteiger partial charge on any atom is -0.359 e. The SMILES string of the molecule is CNC(=O)C1CCCN(C(c2ccccc2)C(C)N)C1. The molecular formula is C16H25N3O. The first-order valence-corrected chi connectivity index (χ1v) is 7.39. The Balaban J connectivity index is 2.16. The highest BCUT2D eigenvalue weighted by molar-refractivity contribution is 5.78. The monoisotopic (exact) mass is 275 g/mol. The Morgan fingerprint density at radius 1 is 1.40 bits per heavy atom. The van der Waals surface area contributed by atoms with Crippen molar-refractivity contribution >= 4 is 5.91 Å². The first kappa shape index (κ1) is 15.0. The van der Waals surface area contributed by atoms with Gasteiger partial charge in [-0.3, -0.25) is 9.69 Å². The fraction of sp³-hybridized carbons (Fsp3) is 0.562. The van der Waals surface area contributed by atoms with Crippen LogP contribution in [-0.2, 0) is 4.79 Å². The predicted octanol–water partition coefficient (Wildman–Crippen LogP) is 1.53. The first-order valence-electron chi connectivity index (χ1n) is 7.39. The summed E-state index contributed by atoms with van der Waals surface area (Å²) >= 11 is 0. The number of hydrogen-bond acceptors (Lipinski definition) is 3. The lowest BCUT2D eigenvalue weighted by atomic mass is 9.92. The number of benzene rings is 1. The van der Waals surface area contributed by atoms with E-state index in [4.69, 9.17) is 5.73 Å². The third-order valence-corrected chi connectivity index (χ3v) is 4.10. The third kappa shape index (κ3) is 3.38. The van der Waals surface area contributed by atoms with Gasteiger partial charge in [0.1, 0.15) is 0 Å². The molecule has 0 aliphatic carbocycles. The molecule has 110 valence electrons. The zero-order chi connectivity index (χ0) is 14.5. The van der Waals surface area contributed by atoms with Gasteiger partial charge in [-0.25, -0.2) is 0 Å². The Kier molecular flexibility index (Phi) is 5.15. The summed E-state index contributed by atoms with van der Waals surface area (Å²) in [6.45, 7) is 3.84. The van der Waals surface area contributed by atoms with E-state index < -0.39 is 0 Å². The van der Waals surface area contributed by atoms with Crippen molar-refractivity contribution in [3.63, 3.8) is 0 Å². The molecule has 0 bridgehead atoms. The quantitative estimate of drug-likeness (QED) is 0.876. The van der Waals surface area contributed by atoms with Crippen molar-refractivity contribution in [3.8, 4) is 0 Å². The van der Waals surface area contributed by atoms with Crippen molar-refractivity contribution in [2.45, 2.75) is 31.8 Å². The van der Waals surface area contributed by atoms with E-state index in [1.54, 1.807) is 7.05 Å². The van der Waals surface area contributed by atoms with Gasteiger partial charge in [-0.05, 0) is 31.9 Å². The fourth-order valence-corrected chi connectivity index (χ4v) is 3.17. The van der Waals surface area contributed by atoms with E-state index in [1.807, 2.05) is 25.1 Å². The molecule has 2 rings (SSSR count). The van der Waals surface area contributed by atoms with Crippen LogP contribution in [0.25, 0.3) is 0 Å². The zero-order valence-electron chi connectivity index (χ0n) is 12.4. The van der Waals surface area contributed by atoms with Crippen molar-refractivity contribution in [1.29, 1.82) is 0 Å². The van der Waals surface area contributed by atoms with Crippen molar-refractivity contribution in [3.05, 3.63) is 35.9 Å². The summed E-state index contributed by atoms with van der Waals surface area (Å²) in [6, 6.07) is 10.6. The molecule has 0 saturated carbocycles.